The number of hydrogen-bond acceptors (Lipinski definition) is 7. The summed E-state index contributed by atoms with van der Waals surface area (Å²) in [6.45, 7) is 0.794. The zero-order chi connectivity index (χ0) is 26.1. The molecule has 1 aliphatic heterocycles. The van der Waals surface area contributed by atoms with Gasteiger partial charge in [-0.05, 0) is 50.7 Å². The second-order valence-corrected chi connectivity index (χ2v) is 9.55. The minimum absolute atomic E-state index is 0.141. The number of para-hydroxylation sites is 1. The number of primary amides is 1. The Morgan fingerprint density at radius 2 is 1.81 bits per heavy atom. The number of aromatic nitrogens is 4. The number of anilines is 3. The van der Waals surface area contributed by atoms with Crippen molar-refractivity contribution in [1.82, 2.24) is 24.4 Å². The van der Waals surface area contributed by atoms with Gasteiger partial charge in [0, 0.05) is 31.1 Å². The van der Waals surface area contributed by atoms with Crippen LogP contribution in [0, 0.1) is 17.6 Å². The summed E-state index contributed by atoms with van der Waals surface area (Å²) in [5, 5.41) is 15.3. The molecule has 1 atom stereocenters. The zero-order valence-corrected chi connectivity index (χ0v) is 20.0. The van der Waals surface area contributed by atoms with Crippen LogP contribution in [0.4, 0.5) is 31.2 Å². The van der Waals surface area contributed by atoms with Crippen LogP contribution < -0.4 is 16.4 Å². The van der Waals surface area contributed by atoms with E-state index >= 15 is 0 Å². The Labute approximate surface area is 211 Å². The van der Waals surface area contributed by atoms with Crippen LogP contribution in [-0.4, -0.2) is 60.7 Å². The summed E-state index contributed by atoms with van der Waals surface area (Å²) in [5.74, 6) is -1.56. The van der Waals surface area contributed by atoms with Crippen LogP contribution in [0.15, 0.2) is 24.4 Å². The fourth-order valence-electron chi connectivity index (χ4n) is 5.19. The number of piperidine rings is 1. The number of likely N-dealkylation sites (tertiary alicyclic amines) is 1. The number of amides is 2. The van der Waals surface area contributed by atoms with Gasteiger partial charge in [0.05, 0.1) is 6.20 Å². The third-order valence-corrected chi connectivity index (χ3v) is 7.12. The third kappa shape index (κ3) is 5.11. The van der Waals surface area contributed by atoms with Crippen LogP contribution >= 0.6 is 0 Å². The van der Waals surface area contributed by atoms with Gasteiger partial charge < -0.3 is 26.4 Å². The Hall–Kier alpha value is -4.03. The van der Waals surface area contributed by atoms with Gasteiger partial charge >= 0.3 is 6.09 Å². The number of halogens is 2. The largest absolute Gasteiger partial charge is 0.465 e. The van der Waals surface area contributed by atoms with Crippen molar-refractivity contribution in [1.29, 1.82) is 0 Å². The molecular weight excluding hydrogens is 486 g/mol. The highest BCUT2D eigenvalue weighted by Gasteiger charge is 2.30. The van der Waals surface area contributed by atoms with Gasteiger partial charge in [0.2, 0.25) is 17.8 Å². The highest BCUT2D eigenvalue weighted by atomic mass is 19.1. The molecule has 1 saturated carbocycles. The normalized spacial score (nSPS) is 22.1. The van der Waals surface area contributed by atoms with Crippen molar-refractivity contribution in [2.45, 2.75) is 50.6 Å². The van der Waals surface area contributed by atoms with Crippen molar-refractivity contribution in [2.75, 3.05) is 23.7 Å². The first-order chi connectivity index (χ1) is 17.8. The van der Waals surface area contributed by atoms with Gasteiger partial charge in [-0.2, -0.15) is 4.98 Å². The summed E-state index contributed by atoms with van der Waals surface area (Å²) in [4.78, 5) is 38.0. The van der Waals surface area contributed by atoms with E-state index in [1.165, 1.54) is 17.2 Å². The molecule has 2 aromatic heterocycles. The smallest absolute Gasteiger partial charge is 0.407 e. The number of nitrogens with one attached hydrogen (secondary N) is 2. The summed E-state index contributed by atoms with van der Waals surface area (Å²) in [6.07, 6.45) is 4.41. The lowest BCUT2D eigenvalue weighted by atomic mass is 9.85. The van der Waals surface area contributed by atoms with E-state index in [0.29, 0.717) is 55.9 Å². The van der Waals surface area contributed by atoms with Crippen LogP contribution in [-0.2, 0) is 4.79 Å². The van der Waals surface area contributed by atoms with E-state index in [2.05, 4.69) is 25.6 Å². The molecule has 11 nitrogen and oxygen atoms in total. The summed E-state index contributed by atoms with van der Waals surface area (Å²) in [6, 6.07) is 3.29. The maximum absolute atomic E-state index is 14.4. The molecule has 37 heavy (non-hydrogen) atoms. The molecule has 0 spiro atoms. The number of imidazole rings is 1. The molecule has 13 heteroatoms. The van der Waals surface area contributed by atoms with Crippen molar-refractivity contribution in [3.05, 3.63) is 36.0 Å². The highest BCUT2D eigenvalue weighted by Crippen LogP contribution is 2.37. The SMILES string of the molecule is NC(=O)C1CCC(n2c(Nc3c(F)cccc3F)nc3cnc(NC4CCCN(C(=O)O)C4)nc32)CC1. The fourth-order valence-corrected chi connectivity index (χ4v) is 5.19. The topological polar surface area (TPSA) is 151 Å². The average molecular weight is 515 g/mol. The van der Waals surface area contributed by atoms with Gasteiger partial charge in [-0.25, -0.2) is 23.5 Å². The van der Waals surface area contributed by atoms with Crippen LogP contribution in [0.1, 0.15) is 44.6 Å². The van der Waals surface area contributed by atoms with Crippen LogP contribution in [0.2, 0.25) is 0 Å². The molecule has 1 aromatic carbocycles. The predicted octanol–water partition coefficient (Wildman–Crippen LogP) is 3.62. The minimum atomic E-state index is -0.969. The minimum Gasteiger partial charge on any atom is -0.465 e. The van der Waals surface area contributed by atoms with E-state index in [4.69, 9.17) is 5.73 Å². The number of benzene rings is 1. The first-order valence-corrected chi connectivity index (χ1v) is 12.3. The van der Waals surface area contributed by atoms with Gasteiger partial charge in [-0.1, -0.05) is 6.07 Å². The molecule has 2 fully saturated rings. The maximum atomic E-state index is 14.4. The molecule has 3 heterocycles. The number of carboxylic acid groups (broad SMARTS) is 1. The molecule has 1 saturated heterocycles. The average Bonchev–Trinajstić information content (AvgIpc) is 3.23. The molecule has 2 amide bonds. The Morgan fingerprint density at radius 3 is 2.49 bits per heavy atom. The maximum Gasteiger partial charge on any atom is 0.407 e. The van der Waals surface area contributed by atoms with Gasteiger partial charge in [0.15, 0.2) is 5.65 Å². The molecule has 0 bridgehead atoms. The molecule has 2 aliphatic rings. The van der Waals surface area contributed by atoms with Crippen LogP contribution in [0.25, 0.3) is 11.2 Å². The number of carbonyl (C=O) groups is 2. The fraction of sp³-hybridized carbons (Fsp3) is 0.458. The van der Waals surface area contributed by atoms with E-state index in [0.717, 1.165) is 25.0 Å². The van der Waals surface area contributed by atoms with E-state index in [1.807, 2.05) is 0 Å². The monoisotopic (exact) mass is 514 g/mol. The van der Waals surface area contributed by atoms with Crippen LogP contribution in [0.3, 0.4) is 0 Å². The van der Waals surface area contributed by atoms with Crippen LogP contribution in [0.5, 0.6) is 0 Å². The number of carbonyl (C=O) groups excluding carboxylic acids is 1. The predicted molar refractivity (Wildman–Crippen MR) is 131 cm³/mol. The van der Waals surface area contributed by atoms with E-state index in [1.54, 1.807) is 4.57 Å². The molecular formula is C24H28F2N8O3. The van der Waals surface area contributed by atoms with Gasteiger partial charge in [0.1, 0.15) is 22.8 Å². The first-order valence-electron chi connectivity index (χ1n) is 12.3. The van der Waals surface area contributed by atoms with E-state index in [-0.39, 0.29) is 35.5 Å². The number of hydrogen-bond donors (Lipinski definition) is 4. The standard InChI is InChI=1S/C24H28F2N8O3/c25-16-4-1-5-17(26)19(16)31-23-30-18-11-28-22(29-14-3-2-10-33(12-14)24(36)37)32-21(18)34(23)15-8-6-13(7-9-15)20(27)35/h1,4-5,11,13-15H,2-3,6-10,12H2,(H2,27,35)(H,30,31)(H,36,37)(H,28,29,32). The Kier molecular flexibility index (Phi) is 6.76. The number of rotatable bonds is 6. The van der Waals surface area contributed by atoms with Crippen molar-refractivity contribution in [2.24, 2.45) is 11.7 Å². The Bertz CT molecular complexity index is 1300. The number of nitrogens with zero attached hydrogens (tertiary/aromatic N) is 5. The molecule has 1 unspecified atom stereocenters. The molecule has 196 valence electrons. The molecule has 5 rings (SSSR count). The van der Waals surface area contributed by atoms with E-state index < -0.39 is 17.7 Å². The quantitative estimate of drug-likeness (QED) is 0.389. The van der Waals surface area contributed by atoms with Gasteiger partial charge in [-0.3, -0.25) is 9.36 Å². The van der Waals surface area contributed by atoms with Gasteiger partial charge in [-0.15, -0.1) is 0 Å². The zero-order valence-electron chi connectivity index (χ0n) is 20.0. The molecule has 3 aromatic rings. The highest BCUT2D eigenvalue weighted by molar-refractivity contribution is 5.78. The molecule has 1 aliphatic carbocycles. The van der Waals surface area contributed by atoms with Gasteiger partial charge in [0.25, 0.3) is 0 Å². The summed E-state index contributed by atoms with van der Waals surface area (Å²) >= 11 is 0. The van der Waals surface area contributed by atoms with Crippen molar-refractivity contribution in [3.8, 4) is 0 Å². The second kappa shape index (κ2) is 10.1. The summed E-state index contributed by atoms with van der Waals surface area (Å²) < 4.78 is 30.7. The second-order valence-electron chi connectivity index (χ2n) is 9.55. The van der Waals surface area contributed by atoms with Crippen molar-refractivity contribution < 1.29 is 23.5 Å². The molecule has 0 radical (unpaired) electrons. The lowest BCUT2D eigenvalue weighted by molar-refractivity contribution is -0.122. The Balaban J connectivity index is 1.49. The van der Waals surface area contributed by atoms with Crippen molar-refractivity contribution in [3.63, 3.8) is 0 Å². The lowest BCUT2D eigenvalue weighted by Gasteiger charge is -2.31. The van der Waals surface area contributed by atoms with Crippen molar-refractivity contribution >= 4 is 40.7 Å². The summed E-state index contributed by atoms with van der Waals surface area (Å²) in [5.41, 5.74) is 6.07. The number of fused-ring (bicyclic) bond motifs is 1. The third-order valence-electron chi connectivity index (χ3n) is 7.12. The summed E-state index contributed by atoms with van der Waals surface area (Å²) in [7, 11) is 0. The Morgan fingerprint density at radius 1 is 1.08 bits per heavy atom. The molecule has 5 N–H and O–H groups in total. The lowest BCUT2D eigenvalue weighted by Crippen LogP contribution is -2.44. The number of nitrogens with two attached hydrogens (primary N) is 1. The van der Waals surface area contributed by atoms with E-state index in [9.17, 15) is 23.5 Å². The first kappa shape index (κ1) is 24.7.